The zero-order valence-electron chi connectivity index (χ0n) is 15.2. The zero-order valence-corrected chi connectivity index (χ0v) is 14.2. The molecular formula is C16H17N7O4. The number of aromatic nitrogens is 4. The molecule has 140 valence electrons. The Morgan fingerprint density at radius 1 is 1.59 bits per heavy atom. The molecule has 1 aliphatic heterocycles. The predicted molar refractivity (Wildman–Crippen MR) is 95.4 cm³/mol. The summed E-state index contributed by atoms with van der Waals surface area (Å²) in [7, 11) is 0. The number of nitrogens with one attached hydrogen (secondary N) is 1. The van der Waals surface area contributed by atoms with Gasteiger partial charge in [-0.3, -0.25) is 0 Å². The van der Waals surface area contributed by atoms with Gasteiger partial charge in [0.2, 0.25) is 0 Å². The fourth-order valence-corrected chi connectivity index (χ4v) is 3.46. The SMILES string of the molecule is [3H]c1nc2[nH]c(=C)cc(N=[N+]=[N-])c3cn([C@@H]4O[C@H](CO)[C@@H](O)[C@]4(C)O)c(n1)c23. The average molecular weight is 373 g/mol. The number of aliphatic hydroxyl groups is 3. The van der Waals surface area contributed by atoms with Gasteiger partial charge in [0.1, 0.15) is 36.8 Å². The van der Waals surface area contributed by atoms with Crippen LogP contribution in [0.1, 0.15) is 14.5 Å². The van der Waals surface area contributed by atoms with Gasteiger partial charge in [-0.05, 0) is 18.5 Å². The van der Waals surface area contributed by atoms with Crippen LogP contribution >= 0.6 is 0 Å². The van der Waals surface area contributed by atoms with E-state index >= 15 is 0 Å². The van der Waals surface area contributed by atoms with Crippen LogP contribution in [0, 0.1) is 0 Å². The zero-order chi connectivity index (χ0) is 20.2. The van der Waals surface area contributed by atoms with Gasteiger partial charge in [0, 0.05) is 27.5 Å². The van der Waals surface area contributed by atoms with Gasteiger partial charge in [0.25, 0.3) is 0 Å². The third-order valence-corrected chi connectivity index (χ3v) is 4.77. The number of rotatable bonds is 3. The van der Waals surface area contributed by atoms with Crippen molar-refractivity contribution in [2.75, 3.05) is 6.61 Å². The van der Waals surface area contributed by atoms with Crippen molar-refractivity contribution in [2.45, 2.75) is 31.0 Å². The first-order valence-electron chi connectivity index (χ1n) is 8.57. The molecule has 4 rings (SSSR count). The Bertz CT molecular complexity index is 1200. The number of nitrogens with zero attached hydrogens (tertiary/aromatic N) is 6. The number of H-pyrrole nitrogens is 1. The minimum Gasteiger partial charge on any atom is -0.394 e. The van der Waals surface area contributed by atoms with Crippen molar-refractivity contribution in [3.8, 4) is 0 Å². The Morgan fingerprint density at radius 2 is 2.37 bits per heavy atom. The minimum absolute atomic E-state index is 0.224. The molecule has 3 aromatic rings. The molecule has 27 heavy (non-hydrogen) atoms. The second-order valence-corrected chi connectivity index (χ2v) is 6.57. The molecule has 1 fully saturated rings. The molecule has 0 bridgehead atoms. The van der Waals surface area contributed by atoms with Crippen molar-refractivity contribution in [1.82, 2.24) is 19.5 Å². The molecular weight excluding hydrogens is 354 g/mol. The van der Waals surface area contributed by atoms with Crippen LogP contribution < -0.4 is 5.35 Å². The van der Waals surface area contributed by atoms with E-state index in [9.17, 15) is 15.3 Å². The molecule has 11 heteroatoms. The Balaban J connectivity index is 2.10. The highest BCUT2D eigenvalue weighted by Gasteiger charge is 2.53. The number of aromatic amines is 1. The van der Waals surface area contributed by atoms with Crippen LogP contribution in [0.3, 0.4) is 0 Å². The van der Waals surface area contributed by atoms with Gasteiger partial charge in [-0.25, -0.2) is 9.97 Å². The molecule has 1 aliphatic rings. The van der Waals surface area contributed by atoms with Crippen LogP contribution in [0.15, 0.2) is 23.7 Å². The molecule has 0 aliphatic carbocycles. The highest BCUT2D eigenvalue weighted by Crippen LogP contribution is 2.41. The normalized spacial score (nSPS) is 28.4. The fraction of sp³-hybridized carbons (Fsp3) is 0.375. The van der Waals surface area contributed by atoms with Crippen LogP contribution in [0.5, 0.6) is 0 Å². The highest BCUT2D eigenvalue weighted by atomic mass is 16.6. The van der Waals surface area contributed by atoms with Crippen molar-refractivity contribution in [3.63, 3.8) is 0 Å². The molecule has 1 saturated heterocycles. The van der Waals surface area contributed by atoms with E-state index in [2.05, 4.69) is 31.6 Å². The Morgan fingerprint density at radius 3 is 3.04 bits per heavy atom. The number of hydrogen-bond donors (Lipinski definition) is 4. The van der Waals surface area contributed by atoms with E-state index in [-0.39, 0.29) is 23.3 Å². The van der Waals surface area contributed by atoms with Crippen LogP contribution in [-0.2, 0) is 4.74 Å². The highest BCUT2D eigenvalue weighted by molar-refractivity contribution is 6.08. The van der Waals surface area contributed by atoms with Crippen molar-refractivity contribution < 1.29 is 21.4 Å². The Kier molecular flexibility index (Phi) is 3.64. The summed E-state index contributed by atoms with van der Waals surface area (Å²) < 4.78 is 15.0. The molecule has 0 unspecified atom stereocenters. The molecule has 0 radical (unpaired) electrons. The van der Waals surface area contributed by atoms with Crippen molar-refractivity contribution >= 4 is 34.3 Å². The first kappa shape index (κ1) is 16.2. The maximum absolute atomic E-state index is 10.8. The van der Waals surface area contributed by atoms with Gasteiger partial charge in [-0.1, -0.05) is 11.7 Å². The monoisotopic (exact) mass is 373 g/mol. The first-order valence-corrected chi connectivity index (χ1v) is 8.07. The van der Waals surface area contributed by atoms with Gasteiger partial charge in [-0.2, -0.15) is 0 Å². The van der Waals surface area contributed by atoms with E-state index in [1.54, 1.807) is 0 Å². The lowest BCUT2D eigenvalue weighted by molar-refractivity contribution is -0.0947. The summed E-state index contributed by atoms with van der Waals surface area (Å²) in [5.41, 5.74) is 7.91. The lowest BCUT2D eigenvalue weighted by Crippen LogP contribution is -2.44. The maximum Gasteiger partial charge on any atom is 0.167 e. The fourth-order valence-electron chi connectivity index (χ4n) is 3.46. The smallest absolute Gasteiger partial charge is 0.167 e. The minimum atomic E-state index is -1.76. The van der Waals surface area contributed by atoms with Crippen molar-refractivity contribution in [3.05, 3.63) is 34.4 Å². The molecule has 4 N–H and O–H groups in total. The number of ether oxygens (including phenoxy) is 1. The van der Waals surface area contributed by atoms with E-state index < -0.39 is 30.6 Å². The molecule has 0 spiro atoms. The maximum atomic E-state index is 10.8. The second kappa shape index (κ2) is 6.05. The van der Waals surface area contributed by atoms with E-state index in [1.165, 1.54) is 23.8 Å². The van der Waals surface area contributed by atoms with Crippen LogP contribution in [0.4, 0.5) is 5.69 Å². The topological polar surface area (TPSA) is 165 Å². The molecule has 0 aromatic carbocycles. The summed E-state index contributed by atoms with van der Waals surface area (Å²) in [6.45, 7) is 4.70. The Hall–Kier alpha value is -2.95. The molecule has 4 atom stereocenters. The third kappa shape index (κ3) is 2.49. The van der Waals surface area contributed by atoms with E-state index in [1.807, 2.05) is 0 Å². The molecule has 11 nitrogen and oxygen atoms in total. The average Bonchev–Trinajstić information content (AvgIpc) is 3.05. The summed E-state index contributed by atoms with van der Waals surface area (Å²) >= 11 is 0. The number of aliphatic hydroxyl groups excluding tert-OH is 2. The Labute approximate surface area is 153 Å². The predicted octanol–water partition coefficient (Wildman–Crippen LogP) is 0.547. The van der Waals surface area contributed by atoms with Crippen LogP contribution in [0.25, 0.3) is 39.1 Å². The quantitative estimate of drug-likeness (QED) is 0.297. The van der Waals surface area contributed by atoms with Crippen molar-refractivity contribution in [2.24, 2.45) is 5.11 Å². The number of hydrogen-bond acceptors (Lipinski definition) is 7. The van der Waals surface area contributed by atoms with Gasteiger partial charge < -0.3 is 29.6 Å². The summed E-state index contributed by atoms with van der Waals surface area (Å²) in [6, 6.07) is 1.52. The number of azide groups is 1. The molecule has 0 saturated carbocycles. The first-order chi connectivity index (χ1) is 13.3. The lowest BCUT2D eigenvalue weighted by Gasteiger charge is -2.27. The molecule has 3 aromatic heterocycles. The third-order valence-electron chi connectivity index (χ3n) is 4.77. The second-order valence-electron chi connectivity index (χ2n) is 6.57. The molecule has 0 amide bonds. The van der Waals surface area contributed by atoms with Crippen LogP contribution in [0.2, 0.25) is 0 Å². The van der Waals surface area contributed by atoms with Gasteiger partial charge in [-0.15, -0.1) is 0 Å². The van der Waals surface area contributed by atoms with E-state index in [0.717, 1.165) is 0 Å². The lowest BCUT2D eigenvalue weighted by atomic mass is 9.96. The standard InChI is InChI=1S/C16H17N7O4/c1-7-3-9(21-22-17)8-4-23(14-11(8)13(20-7)18-6-19-14)15-16(2,26)12(25)10(5-24)27-15/h3-4,6,10,12,15,24-26H,1,5H2,2H3,(H,18,19,20)/t10-,12-,15-,16+/m1/s1/i6T. The van der Waals surface area contributed by atoms with E-state index in [4.69, 9.17) is 11.6 Å². The molecule has 4 heterocycles. The van der Waals surface area contributed by atoms with Gasteiger partial charge in [0.15, 0.2) is 6.23 Å². The van der Waals surface area contributed by atoms with Gasteiger partial charge >= 0.3 is 0 Å². The van der Waals surface area contributed by atoms with E-state index in [0.29, 0.717) is 16.1 Å². The summed E-state index contributed by atoms with van der Waals surface area (Å²) in [4.78, 5) is 14.0. The summed E-state index contributed by atoms with van der Waals surface area (Å²) in [6.07, 6.45) is -2.23. The van der Waals surface area contributed by atoms with Gasteiger partial charge in [0.05, 0.1) is 12.0 Å². The summed E-state index contributed by atoms with van der Waals surface area (Å²) in [5.74, 6) is 0. The largest absolute Gasteiger partial charge is 0.394 e. The summed E-state index contributed by atoms with van der Waals surface area (Å²) in [5, 5.41) is 35.5. The van der Waals surface area contributed by atoms with Crippen LogP contribution in [-0.4, -0.2) is 59.3 Å². The van der Waals surface area contributed by atoms with Crippen molar-refractivity contribution in [1.29, 1.82) is 0 Å².